The predicted octanol–water partition coefficient (Wildman–Crippen LogP) is 3.04. The Balaban J connectivity index is 2.46. The molecule has 0 atom stereocenters. The molecule has 1 amide bonds. The Kier molecular flexibility index (Phi) is 6.00. The lowest BCUT2D eigenvalue weighted by Gasteiger charge is -2.12. The molecular formula is C19H21NO5. The van der Waals surface area contributed by atoms with E-state index in [-0.39, 0.29) is 0 Å². The van der Waals surface area contributed by atoms with Crippen molar-refractivity contribution in [2.75, 3.05) is 20.8 Å². The molecule has 6 heteroatoms. The smallest absolute Gasteiger partial charge is 0.341 e. The minimum Gasteiger partial charge on any atom is -0.496 e. The monoisotopic (exact) mass is 343 g/mol. The average molecular weight is 343 g/mol. The van der Waals surface area contributed by atoms with Gasteiger partial charge in [-0.15, -0.1) is 0 Å². The number of primary amides is 1. The second-order valence-electron chi connectivity index (χ2n) is 5.33. The lowest BCUT2D eigenvalue weighted by Crippen LogP contribution is -2.13. The first-order chi connectivity index (χ1) is 12.0. The molecule has 0 heterocycles. The van der Waals surface area contributed by atoms with E-state index in [0.29, 0.717) is 29.2 Å². The number of esters is 1. The number of methoxy groups -OCH3 is 2. The Morgan fingerprint density at radius 2 is 1.64 bits per heavy atom. The third-order valence-electron chi connectivity index (χ3n) is 3.65. The first-order valence-corrected chi connectivity index (χ1v) is 7.85. The fourth-order valence-electron chi connectivity index (χ4n) is 2.39. The molecule has 0 spiro atoms. The van der Waals surface area contributed by atoms with Crippen LogP contribution in [0, 0.1) is 0 Å². The molecule has 0 aliphatic rings. The molecular weight excluding hydrogens is 322 g/mol. The van der Waals surface area contributed by atoms with E-state index in [2.05, 4.69) is 0 Å². The zero-order valence-corrected chi connectivity index (χ0v) is 14.5. The highest BCUT2D eigenvalue weighted by atomic mass is 16.5. The van der Waals surface area contributed by atoms with Crippen LogP contribution in [0.5, 0.6) is 11.5 Å². The largest absolute Gasteiger partial charge is 0.496 e. The van der Waals surface area contributed by atoms with Crippen LogP contribution in [0.15, 0.2) is 36.4 Å². The number of hydrogen-bond acceptors (Lipinski definition) is 5. The van der Waals surface area contributed by atoms with Crippen molar-refractivity contribution in [1.29, 1.82) is 0 Å². The molecule has 0 aliphatic carbocycles. The van der Waals surface area contributed by atoms with Gasteiger partial charge in [-0.05, 0) is 41.8 Å². The van der Waals surface area contributed by atoms with Gasteiger partial charge in [-0.25, -0.2) is 4.79 Å². The van der Waals surface area contributed by atoms with Crippen molar-refractivity contribution >= 4 is 11.9 Å². The standard InChI is InChI=1S/C19H21NO5/c1-4-9-25-16-8-6-12(10-15(16)18(20)21)13-5-7-14(19(22)24-3)17(11-13)23-2/h5-8,10-11H,4,9H2,1-3H3,(H2,20,21). The molecule has 0 fully saturated rings. The Bertz CT molecular complexity index is 785. The summed E-state index contributed by atoms with van der Waals surface area (Å²) < 4.78 is 15.6. The van der Waals surface area contributed by atoms with Crippen molar-refractivity contribution in [3.63, 3.8) is 0 Å². The SMILES string of the molecule is CCCOc1ccc(-c2ccc(C(=O)OC)c(OC)c2)cc1C(N)=O. The molecule has 0 saturated heterocycles. The lowest BCUT2D eigenvalue weighted by atomic mass is 10.00. The Morgan fingerprint density at radius 1 is 0.960 bits per heavy atom. The quantitative estimate of drug-likeness (QED) is 0.781. The maximum atomic E-state index is 11.7. The van der Waals surface area contributed by atoms with Crippen LogP contribution < -0.4 is 15.2 Å². The third-order valence-corrected chi connectivity index (χ3v) is 3.65. The maximum Gasteiger partial charge on any atom is 0.341 e. The van der Waals surface area contributed by atoms with Crippen molar-refractivity contribution in [3.8, 4) is 22.6 Å². The molecule has 0 saturated carbocycles. The molecule has 2 rings (SSSR count). The highest BCUT2D eigenvalue weighted by Gasteiger charge is 2.16. The molecule has 0 bridgehead atoms. The summed E-state index contributed by atoms with van der Waals surface area (Å²) in [7, 11) is 2.78. The van der Waals surface area contributed by atoms with E-state index in [1.165, 1.54) is 14.2 Å². The second kappa shape index (κ2) is 8.19. The molecule has 0 aliphatic heterocycles. The van der Waals surface area contributed by atoms with Gasteiger partial charge in [0.15, 0.2) is 0 Å². The molecule has 6 nitrogen and oxygen atoms in total. The number of amides is 1. The molecule has 132 valence electrons. The molecule has 0 radical (unpaired) electrons. The third kappa shape index (κ3) is 4.09. The molecule has 0 aromatic heterocycles. The van der Waals surface area contributed by atoms with Gasteiger partial charge in [-0.2, -0.15) is 0 Å². The van der Waals surface area contributed by atoms with Gasteiger partial charge in [0.1, 0.15) is 17.1 Å². The minimum absolute atomic E-state index is 0.307. The first kappa shape index (κ1) is 18.3. The van der Waals surface area contributed by atoms with Crippen molar-refractivity contribution in [1.82, 2.24) is 0 Å². The van der Waals surface area contributed by atoms with E-state index in [4.69, 9.17) is 19.9 Å². The summed E-state index contributed by atoms with van der Waals surface area (Å²) in [6.07, 6.45) is 0.826. The predicted molar refractivity (Wildman–Crippen MR) is 94.1 cm³/mol. The molecule has 2 N–H and O–H groups in total. The van der Waals surface area contributed by atoms with Crippen molar-refractivity contribution in [3.05, 3.63) is 47.5 Å². The summed E-state index contributed by atoms with van der Waals surface area (Å²) in [5.41, 5.74) is 7.63. The zero-order chi connectivity index (χ0) is 18.4. The van der Waals surface area contributed by atoms with Crippen LogP contribution in [-0.4, -0.2) is 32.7 Å². The summed E-state index contributed by atoms with van der Waals surface area (Å²) in [6.45, 7) is 2.48. The van der Waals surface area contributed by atoms with Crippen LogP contribution in [0.1, 0.15) is 34.1 Å². The summed E-state index contributed by atoms with van der Waals surface area (Å²) >= 11 is 0. The minimum atomic E-state index is -0.564. The van der Waals surface area contributed by atoms with E-state index >= 15 is 0 Å². The van der Waals surface area contributed by atoms with Crippen LogP contribution in [0.4, 0.5) is 0 Å². The van der Waals surface area contributed by atoms with E-state index in [1.807, 2.05) is 13.0 Å². The lowest BCUT2D eigenvalue weighted by molar-refractivity contribution is 0.0597. The fraction of sp³-hybridized carbons (Fsp3) is 0.263. The highest BCUT2D eigenvalue weighted by Crippen LogP contribution is 2.31. The second-order valence-corrected chi connectivity index (χ2v) is 5.33. The van der Waals surface area contributed by atoms with Gasteiger partial charge in [-0.1, -0.05) is 19.1 Å². The van der Waals surface area contributed by atoms with Crippen LogP contribution in [-0.2, 0) is 4.74 Å². The van der Waals surface area contributed by atoms with Gasteiger partial charge in [-0.3, -0.25) is 4.79 Å². The van der Waals surface area contributed by atoms with Crippen molar-refractivity contribution < 1.29 is 23.8 Å². The van der Waals surface area contributed by atoms with Gasteiger partial charge in [0.2, 0.25) is 0 Å². The van der Waals surface area contributed by atoms with E-state index in [9.17, 15) is 9.59 Å². The van der Waals surface area contributed by atoms with Crippen LogP contribution >= 0.6 is 0 Å². The molecule has 2 aromatic carbocycles. The van der Waals surface area contributed by atoms with E-state index in [1.54, 1.807) is 30.3 Å². The Hall–Kier alpha value is -3.02. The van der Waals surface area contributed by atoms with Crippen LogP contribution in [0.3, 0.4) is 0 Å². The summed E-state index contributed by atoms with van der Waals surface area (Å²) in [6, 6.07) is 10.3. The number of carbonyl (C=O) groups excluding carboxylic acids is 2. The van der Waals surface area contributed by atoms with Gasteiger partial charge in [0.05, 0.1) is 26.4 Å². The summed E-state index contributed by atoms with van der Waals surface area (Å²) in [5.74, 6) is -0.205. The van der Waals surface area contributed by atoms with E-state index in [0.717, 1.165) is 17.5 Å². The fourth-order valence-corrected chi connectivity index (χ4v) is 2.39. The molecule has 0 unspecified atom stereocenters. The summed E-state index contributed by atoms with van der Waals surface area (Å²) in [4.78, 5) is 23.5. The zero-order valence-electron chi connectivity index (χ0n) is 14.5. The highest BCUT2D eigenvalue weighted by molar-refractivity contribution is 5.97. The summed E-state index contributed by atoms with van der Waals surface area (Å²) in [5, 5.41) is 0. The number of ether oxygens (including phenoxy) is 3. The number of rotatable bonds is 7. The van der Waals surface area contributed by atoms with E-state index < -0.39 is 11.9 Å². The maximum absolute atomic E-state index is 11.7. The number of hydrogen-bond donors (Lipinski definition) is 1. The Morgan fingerprint density at radius 3 is 2.24 bits per heavy atom. The first-order valence-electron chi connectivity index (χ1n) is 7.85. The van der Waals surface area contributed by atoms with Crippen molar-refractivity contribution in [2.45, 2.75) is 13.3 Å². The molecule has 2 aromatic rings. The normalized spacial score (nSPS) is 10.2. The number of benzene rings is 2. The van der Waals surface area contributed by atoms with Gasteiger partial charge < -0.3 is 19.9 Å². The van der Waals surface area contributed by atoms with Gasteiger partial charge >= 0.3 is 5.97 Å². The van der Waals surface area contributed by atoms with Gasteiger partial charge in [0, 0.05) is 0 Å². The Labute approximate surface area is 146 Å². The van der Waals surface area contributed by atoms with Crippen LogP contribution in [0.25, 0.3) is 11.1 Å². The van der Waals surface area contributed by atoms with Crippen LogP contribution in [0.2, 0.25) is 0 Å². The number of nitrogens with two attached hydrogens (primary N) is 1. The topological polar surface area (TPSA) is 87.8 Å². The molecule has 25 heavy (non-hydrogen) atoms. The van der Waals surface area contributed by atoms with Crippen molar-refractivity contribution in [2.24, 2.45) is 5.73 Å². The average Bonchev–Trinajstić information content (AvgIpc) is 2.64. The number of carbonyl (C=O) groups is 2. The van der Waals surface area contributed by atoms with Gasteiger partial charge in [0.25, 0.3) is 5.91 Å².